The number of nitrogens with two attached hydrogens (primary N) is 1. The largest absolute Gasteiger partial charge is 0.497 e. The van der Waals surface area contributed by atoms with E-state index in [1.165, 1.54) is 0 Å². The summed E-state index contributed by atoms with van der Waals surface area (Å²) >= 11 is 0. The van der Waals surface area contributed by atoms with Crippen molar-refractivity contribution in [2.75, 3.05) is 26.1 Å². The zero-order valence-electron chi connectivity index (χ0n) is 15.5. The molecule has 0 bridgehead atoms. The van der Waals surface area contributed by atoms with E-state index in [0.717, 1.165) is 37.2 Å². The van der Waals surface area contributed by atoms with E-state index in [1.54, 1.807) is 25.3 Å². The van der Waals surface area contributed by atoms with Gasteiger partial charge >= 0.3 is 5.97 Å². The molecule has 27 heavy (non-hydrogen) atoms. The standard InChI is InChI=1S/C21H25NO5/c1-24-16-7-9-17(10-8-16)25-12-13-26-20-14-15(6-11-19(20)22)21(23)27-18-4-2-3-5-18/h6-11,14,18H,2-5,12-13,22H2,1H3. The van der Waals surface area contributed by atoms with E-state index in [-0.39, 0.29) is 12.1 Å². The van der Waals surface area contributed by atoms with E-state index >= 15 is 0 Å². The van der Waals surface area contributed by atoms with Crippen molar-refractivity contribution < 1.29 is 23.7 Å². The van der Waals surface area contributed by atoms with Crippen LogP contribution < -0.4 is 19.9 Å². The molecule has 0 amide bonds. The Kier molecular flexibility index (Phi) is 6.41. The van der Waals surface area contributed by atoms with E-state index in [4.69, 9.17) is 24.7 Å². The van der Waals surface area contributed by atoms with Crippen LogP contribution in [0.15, 0.2) is 42.5 Å². The second-order valence-corrected chi connectivity index (χ2v) is 6.44. The summed E-state index contributed by atoms with van der Waals surface area (Å²) in [5.74, 6) is 1.62. The summed E-state index contributed by atoms with van der Waals surface area (Å²) in [6.45, 7) is 0.653. The van der Waals surface area contributed by atoms with Gasteiger partial charge in [-0.15, -0.1) is 0 Å². The van der Waals surface area contributed by atoms with Gasteiger partial charge in [-0.3, -0.25) is 0 Å². The minimum absolute atomic E-state index is 0.0253. The molecule has 6 nitrogen and oxygen atoms in total. The first-order chi connectivity index (χ1) is 13.2. The maximum atomic E-state index is 12.3. The Hall–Kier alpha value is -2.89. The highest BCUT2D eigenvalue weighted by Crippen LogP contribution is 2.26. The van der Waals surface area contributed by atoms with Gasteiger partial charge in [-0.05, 0) is 68.1 Å². The molecule has 0 aromatic heterocycles. The molecule has 144 valence electrons. The third-order valence-electron chi connectivity index (χ3n) is 4.49. The number of carbonyl (C=O) groups excluding carboxylic acids is 1. The Morgan fingerprint density at radius 2 is 1.67 bits per heavy atom. The Bertz CT molecular complexity index is 754. The number of ether oxygens (including phenoxy) is 4. The first-order valence-corrected chi connectivity index (χ1v) is 9.16. The summed E-state index contributed by atoms with van der Waals surface area (Å²) in [6.07, 6.45) is 4.13. The van der Waals surface area contributed by atoms with E-state index in [9.17, 15) is 4.79 Å². The summed E-state index contributed by atoms with van der Waals surface area (Å²) in [7, 11) is 1.62. The monoisotopic (exact) mass is 371 g/mol. The zero-order valence-corrected chi connectivity index (χ0v) is 15.5. The van der Waals surface area contributed by atoms with E-state index in [2.05, 4.69) is 0 Å². The summed E-state index contributed by atoms with van der Waals surface area (Å²) in [5, 5.41) is 0. The number of esters is 1. The fourth-order valence-corrected chi connectivity index (χ4v) is 3.00. The molecular weight excluding hydrogens is 346 g/mol. The molecule has 0 saturated heterocycles. The molecule has 2 N–H and O–H groups in total. The van der Waals surface area contributed by atoms with Crippen molar-refractivity contribution >= 4 is 11.7 Å². The van der Waals surface area contributed by atoms with Crippen molar-refractivity contribution in [3.05, 3.63) is 48.0 Å². The lowest BCUT2D eigenvalue weighted by molar-refractivity contribution is 0.0317. The molecule has 2 aromatic rings. The molecule has 6 heteroatoms. The molecule has 0 spiro atoms. The smallest absolute Gasteiger partial charge is 0.338 e. The molecule has 3 rings (SSSR count). The number of benzene rings is 2. The van der Waals surface area contributed by atoms with Gasteiger partial charge in [-0.2, -0.15) is 0 Å². The van der Waals surface area contributed by atoms with Crippen LogP contribution in [0.3, 0.4) is 0 Å². The van der Waals surface area contributed by atoms with Crippen LogP contribution in [-0.4, -0.2) is 32.4 Å². The maximum Gasteiger partial charge on any atom is 0.338 e. The van der Waals surface area contributed by atoms with Crippen molar-refractivity contribution in [2.45, 2.75) is 31.8 Å². The number of rotatable bonds is 8. The molecule has 0 aliphatic heterocycles. The second-order valence-electron chi connectivity index (χ2n) is 6.44. The molecule has 0 atom stereocenters. The quantitative estimate of drug-likeness (QED) is 0.431. The minimum atomic E-state index is -0.332. The van der Waals surface area contributed by atoms with Crippen LogP contribution in [0, 0.1) is 0 Å². The molecule has 0 radical (unpaired) electrons. The van der Waals surface area contributed by atoms with Gasteiger partial charge in [0.05, 0.1) is 18.4 Å². The predicted molar refractivity (Wildman–Crippen MR) is 103 cm³/mol. The zero-order chi connectivity index (χ0) is 19.1. The topological polar surface area (TPSA) is 80.0 Å². The fraction of sp³-hybridized carbons (Fsp3) is 0.381. The summed E-state index contributed by atoms with van der Waals surface area (Å²) in [6, 6.07) is 12.2. The van der Waals surface area contributed by atoms with Gasteiger partial charge in [0.1, 0.15) is 36.6 Å². The van der Waals surface area contributed by atoms with E-state index in [1.807, 2.05) is 24.3 Å². The van der Waals surface area contributed by atoms with Gasteiger partial charge in [0.15, 0.2) is 0 Å². The number of carbonyl (C=O) groups is 1. The van der Waals surface area contributed by atoms with E-state index in [0.29, 0.717) is 30.2 Å². The molecular formula is C21H25NO5. The van der Waals surface area contributed by atoms with Crippen molar-refractivity contribution in [3.8, 4) is 17.2 Å². The highest BCUT2D eigenvalue weighted by molar-refractivity contribution is 5.90. The third-order valence-corrected chi connectivity index (χ3v) is 4.49. The van der Waals surface area contributed by atoms with Crippen molar-refractivity contribution in [3.63, 3.8) is 0 Å². The van der Waals surface area contributed by atoms with Crippen molar-refractivity contribution in [1.29, 1.82) is 0 Å². The first kappa shape index (κ1) is 18.9. The van der Waals surface area contributed by atoms with Crippen molar-refractivity contribution in [1.82, 2.24) is 0 Å². The fourth-order valence-electron chi connectivity index (χ4n) is 3.00. The van der Waals surface area contributed by atoms with Crippen LogP contribution in [0.2, 0.25) is 0 Å². The molecule has 1 fully saturated rings. The predicted octanol–water partition coefficient (Wildman–Crippen LogP) is 3.83. The van der Waals surface area contributed by atoms with Gasteiger partial charge in [0.2, 0.25) is 0 Å². The average molecular weight is 371 g/mol. The Morgan fingerprint density at radius 1 is 1.00 bits per heavy atom. The van der Waals surface area contributed by atoms with Crippen LogP contribution >= 0.6 is 0 Å². The molecule has 1 aliphatic carbocycles. The Balaban J connectivity index is 1.50. The van der Waals surface area contributed by atoms with Gasteiger partial charge in [0, 0.05) is 0 Å². The van der Waals surface area contributed by atoms with Crippen LogP contribution in [0.1, 0.15) is 36.0 Å². The lowest BCUT2D eigenvalue weighted by atomic mass is 10.2. The first-order valence-electron chi connectivity index (χ1n) is 9.16. The normalized spacial score (nSPS) is 14.0. The average Bonchev–Trinajstić information content (AvgIpc) is 3.20. The summed E-state index contributed by atoms with van der Waals surface area (Å²) in [5.41, 5.74) is 6.86. The molecule has 1 saturated carbocycles. The van der Waals surface area contributed by atoms with Crippen LogP contribution in [0.4, 0.5) is 5.69 Å². The number of nitrogen functional groups attached to an aromatic ring is 1. The Morgan fingerprint density at radius 3 is 2.37 bits per heavy atom. The lowest BCUT2D eigenvalue weighted by Crippen LogP contribution is -2.15. The minimum Gasteiger partial charge on any atom is -0.497 e. The third kappa shape index (κ3) is 5.29. The summed E-state index contributed by atoms with van der Waals surface area (Å²) in [4.78, 5) is 12.3. The number of methoxy groups -OCH3 is 1. The SMILES string of the molecule is COc1ccc(OCCOc2cc(C(=O)OC3CCCC3)ccc2N)cc1. The van der Waals surface area contributed by atoms with E-state index < -0.39 is 0 Å². The molecule has 1 aliphatic rings. The highest BCUT2D eigenvalue weighted by Gasteiger charge is 2.20. The number of hydrogen-bond donors (Lipinski definition) is 1. The number of anilines is 1. The molecule has 0 unspecified atom stereocenters. The Labute approximate surface area is 159 Å². The van der Waals surface area contributed by atoms with Crippen LogP contribution in [0.25, 0.3) is 0 Å². The molecule has 2 aromatic carbocycles. The van der Waals surface area contributed by atoms with Gasteiger partial charge in [-0.1, -0.05) is 0 Å². The second kappa shape index (κ2) is 9.16. The van der Waals surface area contributed by atoms with Crippen LogP contribution in [-0.2, 0) is 4.74 Å². The lowest BCUT2D eigenvalue weighted by Gasteiger charge is -2.14. The van der Waals surface area contributed by atoms with Gasteiger partial charge in [0.25, 0.3) is 0 Å². The maximum absolute atomic E-state index is 12.3. The van der Waals surface area contributed by atoms with Crippen molar-refractivity contribution in [2.24, 2.45) is 0 Å². The van der Waals surface area contributed by atoms with Gasteiger partial charge < -0.3 is 24.7 Å². The summed E-state index contributed by atoms with van der Waals surface area (Å²) < 4.78 is 21.9. The highest BCUT2D eigenvalue weighted by atomic mass is 16.5. The number of hydrogen-bond acceptors (Lipinski definition) is 6. The van der Waals surface area contributed by atoms with Crippen LogP contribution in [0.5, 0.6) is 17.2 Å². The molecule has 0 heterocycles. The van der Waals surface area contributed by atoms with Gasteiger partial charge in [-0.25, -0.2) is 4.79 Å².